The minimum atomic E-state index is -0.135. The zero-order valence-electron chi connectivity index (χ0n) is 14.9. The molecular weight excluding hydrogens is 294 g/mol. The number of amides is 3. The fourth-order valence-corrected chi connectivity index (χ4v) is 3.54. The summed E-state index contributed by atoms with van der Waals surface area (Å²) in [6, 6.07) is 0.177. The van der Waals surface area contributed by atoms with Crippen LogP contribution in [0.5, 0.6) is 0 Å². The molecule has 1 atom stereocenters. The number of hydrogen-bond acceptors (Lipinski definition) is 3. The van der Waals surface area contributed by atoms with Crippen LogP contribution < -0.4 is 5.32 Å². The van der Waals surface area contributed by atoms with Crippen LogP contribution >= 0.6 is 0 Å². The summed E-state index contributed by atoms with van der Waals surface area (Å²) >= 11 is 0. The highest BCUT2D eigenvalue weighted by atomic mass is 16.5. The van der Waals surface area contributed by atoms with Crippen LogP contribution in [0.15, 0.2) is 0 Å². The van der Waals surface area contributed by atoms with Crippen molar-refractivity contribution in [3.63, 3.8) is 0 Å². The highest BCUT2D eigenvalue weighted by Crippen LogP contribution is 2.38. The summed E-state index contributed by atoms with van der Waals surface area (Å²) in [5, 5.41) is 2.95. The topological polar surface area (TPSA) is 61.9 Å². The van der Waals surface area contributed by atoms with Gasteiger partial charge in [0.1, 0.15) is 0 Å². The number of hydrogen-bond donors (Lipinski definition) is 1. The van der Waals surface area contributed by atoms with E-state index < -0.39 is 0 Å². The van der Waals surface area contributed by atoms with E-state index in [9.17, 15) is 9.59 Å². The summed E-state index contributed by atoms with van der Waals surface area (Å²) in [5.41, 5.74) is -0.135. The number of ether oxygens (including phenoxy) is 1. The van der Waals surface area contributed by atoms with Crippen LogP contribution in [0.2, 0.25) is 0 Å². The molecule has 0 saturated carbocycles. The second kappa shape index (κ2) is 7.51. The molecule has 2 aliphatic heterocycles. The number of carbonyl (C=O) groups is 2. The number of piperidine rings is 1. The molecule has 2 rings (SSSR count). The predicted molar refractivity (Wildman–Crippen MR) is 89.2 cm³/mol. The average Bonchev–Trinajstić information content (AvgIpc) is 2.47. The standard InChI is InChI=1S/C17H31N3O3/c1-13(2)18-16(22)20-8-6-17(7-9-20)12-14(5-10-23-17)11-15(21)19(3)4/h13-14H,5-12H2,1-4H3,(H,18,22). The van der Waals surface area contributed by atoms with E-state index in [4.69, 9.17) is 4.74 Å². The van der Waals surface area contributed by atoms with Gasteiger partial charge in [-0.1, -0.05) is 0 Å². The van der Waals surface area contributed by atoms with Gasteiger partial charge < -0.3 is 19.9 Å². The van der Waals surface area contributed by atoms with Gasteiger partial charge in [-0.05, 0) is 45.4 Å². The van der Waals surface area contributed by atoms with Crippen molar-refractivity contribution >= 4 is 11.9 Å². The van der Waals surface area contributed by atoms with Crippen molar-refractivity contribution in [1.29, 1.82) is 0 Å². The van der Waals surface area contributed by atoms with Crippen LogP contribution in [0.1, 0.15) is 46.0 Å². The highest BCUT2D eigenvalue weighted by molar-refractivity contribution is 5.76. The number of carbonyl (C=O) groups excluding carboxylic acids is 2. The summed E-state index contributed by atoms with van der Waals surface area (Å²) < 4.78 is 6.10. The molecule has 0 radical (unpaired) electrons. The van der Waals surface area contributed by atoms with E-state index in [1.54, 1.807) is 4.90 Å². The Hall–Kier alpha value is -1.30. The van der Waals surface area contributed by atoms with E-state index >= 15 is 0 Å². The van der Waals surface area contributed by atoms with E-state index in [1.807, 2.05) is 32.8 Å². The van der Waals surface area contributed by atoms with Gasteiger partial charge in [-0.2, -0.15) is 0 Å². The Morgan fingerprint density at radius 1 is 1.30 bits per heavy atom. The zero-order valence-corrected chi connectivity index (χ0v) is 14.9. The van der Waals surface area contributed by atoms with E-state index in [1.165, 1.54) is 0 Å². The number of urea groups is 1. The van der Waals surface area contributed by atoms with Crippen molar-refractivity contribution in [3.05, 3.63) is 0 Å². The molecule has 6 nitrogen and oxygen atoms in total. The molecule has 2 fully saturated rings. The molecule has 0 aromatic heterocycles. The van der Waals surface area contributed by atoms with Crippen molar-refractivity contribution in [2.75, 3.05) is 33.8 Å². The third-order valence-corrected chi connectivity index (χ3v) is 4.93. The summed E-state index contributed by atoms with van der Waals surface area (Å²) in [6.45, 7) is 6.13. The molecule has 2 aliphatic rings. The molecule has 1 N–H and O–H groups in total. The SMILES string of the molecule is CC(C)NC(=O)N1CCC2(CC1)CC(CC(=O)N(C)C)CCO2. The maximum atomic E-state index is 12.1. The molecule has 0 aliphatic carbocycles. The van der Waals surface area contributed by atoms with E-state index in [2.05, 4.69) is 5.32 Å². The van der Waals surface area contributed by atoms with Gasteiger partial charge in [0, 0.05) is 46.3 Å². The molecule has 1 unspecified atom stereocenters. The van der Waals surface area contributed by atoms with Gasteiger partial charge in [0.25, 0.3) is 0 Å². The Labute approximate surface area is 139 Å². The van der Waals surface area contributed by atoms with Gasteiger partial charge >= 0.3 is 6.03 Å². The molecule has 6 heteroatoms. The predicted octanol–water partition coefficient (Wildman–Crippen LogP) is 1.84. The Morgan fingerprint density at radius 3 is 2.52 bits per heavy atom. The highest BCUT2D eigenvalue weighted by Gasteiger charge is 2.41. The van der Waals surface area contributed by atoms with Gasteiger partial charge in [0.05, 0.1) is 5.60 Å². The van der Waals surface area contributed by atoms with Gasteiger partial charge in [-0.15, -0.1) is 0 Å². The molecule has 132 valence electrons. The lowest BCUT2D eigenvalue weighted by atomic mass is 9.78. The third-order valence-electron chi connectivity index (χ3n) is 4.93. The normalized spacial score (nSPS) is 23.9. The van der Waals surface area contributed by atoms with Crippen LogP contribution in [-0.4, -0.2) is 67.2 Å². The first kappa shape index (κ1) is 18.0. The quantitative estimate of drug-likeness (QED) is 0.861. The lowest BCUT2D eigenvalue weighted by Crippen LogP contribution is -2.53. The van der Waals surface area contributed by atoms with E-state index in [0.717, 1.165) is 45.4 Å². The molecule has 3 amide bonds. The fourth-order valence-electron chi connectivity index (χ4n) is 3.54. The van der Waals surface area contributed by atoms with Crippen LogP contribution in [0.25, 0.3) is 0 Å². The Kier molecular flexibility index (Phi) is 5.89. The minimum Gasteiger partial charge on any atom is -0.375 e. The van der Waals surface area contributed by atoms with Crippen molar-refractivity contribution in [1.82, 2.24) is 15.1 Å². The zero-order chi connectivity index (χ0) is 17.0. The Morgan fingerprint density at radius 2 is 1.96 bits per heavy atom. The maximum Gasteiger partial charge on any atom is 0.317 e. The molecule has 0 aromatic carbocycles. The van der Waals surface area contributed by atoms with E-state index in [0.29, 0.717) is 12.3 Å². The molecule has 2 heterocycles. The summed E-state index contributed by atoms with van der Waals surface area (Å²) in [7, 11) is 3.62. The van der Waals surface area contributed by atoms with Crippen LogP contribution in [0.4, 0.5) is 4.79 Å². The molecule has 2 saturated heterocycles. The van der Waals surface area contributed by atoms with Gasteiger partial charge in [-0.3, -0.25) is 4.79 Å². The van der Waals surface area contributed by atoms with Crippen molar-refractivity contribution in [2.24, 2.45) is 5.92 Å². The maximum absolute atomic E-state index is 12.1. The van der Waals surface area contributed by atoms with Gasteiger partial charge in [0.2, 0.25) is 5.91 Å². The molecular formula is C17H31N3O3. The summed E-state index contributed by atoms with van der Waals surface area (Å²) in [5.74, 6) is 0.593. The fraction of sp³-hybridized carbons (Fsp3) is 0.882. The third kappa shape index (κ3) is 4.83. The van der Waals surface area contributed by atoms with Crippen LogP contribution in [-0.2, 0) is 9.53 Å². The Balaban J connectivity index is 1.86. The largest absolute Gasteiger partial charge is 0.375 e. The number of nitrogens with one attached hydrogen (secondary N) is 1. The van der Waals surface area contributed by atoms with E-state index in [-0.39, 0.29) is 23.6 Å². The summed E-state index contributed by atoms with van der Waals surface area (Å²) in [6.07, 6.45) is 4.23. The van der Waals surface area contributed by atoms with Gasteiger partial charge in [-0.25, -0.2) is 4.79 Å². The second-order valence-electron chi connectivity index (χ2n) is 7.47. The van der Waals surface area contributed by atoms with Crippen molar-refractivity contribution in [3.8, 4) is 0 Å². The van der Waals surface area contributed by atoms with Crippen molar-refractivity contribution in [2.45, 2.75) is 57.6 Å². The van der Waals surface area contributed by atoms with Gasteiger partial charge in [0.15, 0.2) is 0 Å². The summed E-state index contributed by atoms with van der Waals surface area (Å²) in [4.78, 5) is 27.6. The Bertz CT molecular complexity index is 429. The minimum absolute atomic E-state index is 0.0185. The van der Waals surface area contributed by atoms with Crippen molar-refractivity contribution < 1.29 is 14.3 Å². The second-order valence-corrected chi connectivity index (χ2v) is 7.47. The molecule has 23 heavy (non-hydrogen) atoms. The molecule has 0 bridgehead atoms. The lowest BCUT2D eigenvalue weighted by molar-refractivity contribution is -0.138. The molecule has 0 aromatic rings. The number of rotatable bonds is 3. The first-order chi connectivity index (χ1) is 10.8. The monoisotopic (exact) mass is 325 g/mol. The lowest BCUT2D eigenvalue weighted by Gasteiger charge is -2.46. The number of likely N-dealkylation sites (tertiary alicyclic amines) is 1. The van der Waals surface area contributed by atoms with Crippen LogP contribution in [0, 0.1) is 5.92 Å². The average molecular weight is 325 g/mol. The smallest absolute Gasteiger partial charge is 0.317 e. The first-order valence-electron chi connectivity index (χ1n) is 8.71. The molecule has 1 spiro atoms. The number of nitrogens with zero attached hydrogens (tertiary/aromatic N) is 2. The first-order valence-corrected chi connectivity index (χ1v) is 8.71. The van der Waals surface area contributed by atoms with Crippen LogP contribution in [0.3, 0.4) is 0 Å².